The van der Waals surface area contributed by atoms with Crippen LogP contribution in [0.4, 0.5) is 4.39 Å². The fourth-order valence-corrected chi connectivity index (χ4v) is 1.41. The Morgan fingerprint density at radius 3 is 2.93 bits per heavy atom. The van der Waals surface area contributed by atoms with E-state index in [1.54, 1.807) is 18.2 Å². The van der Waals surface area contributed by atoms with Gasteiger partial charge in [0.15, 0.2) is 5.82 Å². The number of hydrogen-bond acceptors (Lipinski definition) is 0. The molecule has 0 saturated heterocycles. The minimum atomic E-state index is -0.300. The molecule has 0 aliphatic heterocycles. The van der Waals surface area contributed by atoms with Crippen molar-refractivity contribution in [2.45, 2.75) is 12.8 Å². The number of benzene rings is 1. The predicted molar refractivity (Wildman–Crippen MR) is 60.9 cm³/mol. The van der Waals surface area contributed by atoms with Gasteiger partial charge < -0.3 is 0 Å². The van der Waals surface area contributed by atoms with Crippen molar-refractivity contribution in [1.29, 1.82) is 0 Å². The first-order valence-corrected chi connectivity index (χ1v) is 5.57. The molecule has 0 heterocycles. The molecule has 74 valence electrons. The second-order valence-corrected chi connectivity index (χ2v) is 3.93. The van der Waals surface area contributed by atoms with E-state index in [4.69, 9.17) is 11.6 Å². The van der Waals surface area contributed by atoms with E-state index in [-0.39, 0.29) is 5.82 Å². The van der Waals surface area contributed by atoms with E-state index >= 15 is 0 Å². The lowest BCUT2D eigenvalue weighted by Gasteiger charge is -1.95. The van der Waals surface area contributed by atoms with Gasteiger partial charge in [-0.2, -0.15) is 0 Å². The van der Waals surface area contributed by atoms with E-state index < -0.39 is 0 Å². The summed E-state index contributed by atoms with van der Waals surface area (Å²) in [5.41, 5.74) is 0.425. The molecule has 1 aromatic carbocycles. The highest BCUT2D eigenvalue weighted by atomic mass is 79.9. The number of halogens is 3. The van der Waals surface area contributed by atoms with Crippen LogP contribution >= 0.6 is 27.5 Å². The molecule has 0 N–H and O–H groups in total. The first-order chi connectivity index (χ1) is 6.75. The minimum absolute atomic E-state index is 0.300. The van der Waals surface area contributed by atoms with Gasteiger partial charge in [0.1, 0.15) is 0 Å². The maximum absolute atomic E-state index is 13.3. The van der Waals surface area contributed by atoms with Gasteiger partial charge in [0, 0.05) is 12.3 Å². The van der Waals surface area contributed by atoms with Gasteiger partial charge in [-0.05, 0) is 34.5 Å². The van der Waals surface area contributed by atoms with Gasteiger partial charge in [-0.1, -0.05) is 17.9 Å². The number of hydrogen-bond donors (Lipinski definition) is 0. The number of rotatable bonds is 2. The van der Waals surface area contributed by atoms with Crippen molar-refractivity contribution < 1.29 is 4.39 Å². The standard InChI is InChI=1S/C11H9BrClF/c12-10-7-4-6-9(11(10)14)5-2-1-3-8-13/h4,6-7H,1,3,8H2. The third kappa shape index (κ3) is 3.32. The highest BCUT2D eigenvalue weighted by molar-refractivity contribution is 9.10. The third-order valence-electron chi connectivity index (χ3n) is 1.61. The average Bonchev–Trinajstić information content (AvgIpc) is 2.19. The number of unbranched alkanes of at least 4 members (excludes halogenated alkanes) is 1. The first kappa shape index (κ1) is 11.6. The Morgan fingerprint density at radius 2 is 2.21 bits per heavy atom. The molecule has 0 spiro atoms. The smallest absolute Gasteiger partial charge is 0.152 e. The Balaban J connectivity index is 2.74. The molecule has 0 bridgehead atoms. The topological polar surface area (TPSA) is 0 Å². The molecule has 3 heteroatoms. The molecule has 0 aliphatic rings. The molecule has 0 radical (unpaired) electrons. The van der Waals surface area contributed by atoms with Crippen molar-refractivity contribution in [3.63, 3.8) is 0 Å². The zero-order valence-corrected chi connectivity index (χ0v) is 9.83. The van der Waals surface area contributed by atoms with E-state index in [1.807, 2.05) is 0 Å². The van der Waals surface area contributed by atoms with Gasteiger partial charge in [0.2, 0.25) is 0 Å². The summed E-state index contributed by atoms with van der Waals surface area (Å²) in [4.78, 5) is 0. The van der Waals surface area contributed by atoms with Crippen LogP contribution < -0.4 is 0 Å². The number of alkyl halides is 1. The molecule has 1 aromatic rings. The van der Waals surface area contributed by atoms with E-state index in [1.165, 1.54) is 0 Å². The fourth-order valence-electron chi connectivity index (χ4n) is 0.913. The van der Waals surface area contributed by atoms with Crippen LogP contribution in [0, 0.1) is 17.7 Å². The molecule has 0 aliphatic carbocycles. The van der Waals surface area contributed by atoms with Crippen molar-refractivity contribution in [3.8, 4) is 11.8 Å². The summed E-state index contributed by atoms with van der Waals surface area (Å²) >= 11 is 8.60. The molecule has 0 saturated carbocycles. The maximum Gasteiger partial charge on any atom is 0.152 e. The molecule has 1 rings (SSSR count). The highest BCUT2D eigenvalue weighted by Gasteiger charge is 2.01. The van der Waals surface area contributed by atoms with Crippen LogP contribution in [0.2, 0.25) is 0 Å². The Hall–Kier alpha value is -0.520. The maximum atomic E-state index is 13.3. The SMILES string of the molecule is Fc1c(Br)cccc1C#CCCCCl. The second-order valence-electron chi connectivity index (χ2n) is 2.70. The lowest BCUT2D eigenvalue weighted by Crippen LogP contribution is -1.84. The van der Waals surface area contributed by atoms with E-state index in [0.717, 1.165) is 6.42 Å². The summed E-state index contributed by atoms with van der Waals surface area (Å²) in [6.45, 7) is 0. The summed E-state index contributed by atoms with van der Waals surface area (Å²) in [7, 11) is 0. The zero-order chi connectivity index (χ0) is 10.4. The van der Waals surface area contributed by atoms with Crippen LogP contribution in [0.25, 0.3) is 0 Å². The van der Waals surface area contributed by atoms with Gasteiger partial charge >= 0.3 is 0 Å². The van der Waals surface area contributed by atoms with Crippen LogP contribution in [0.5, 0.6) is 0 Å². The molecule has 0 nitrogen and oxygen atoms in total. The largest absolute Gasteiger partial charge is 0.204 e. The van der Waals surface area contributed by atoms with Gasteiger partial charge in [0.25, 0.3) is 0 Å². The van der Waals surface area contributed by atoms with Crippen LogP contribution in [-0.2, 0) is 0 Å². The summed E-state index contributed by atoms with van der Waals surface area (Å²) in [6.07, 6.45) is 1.54. The van der Waals surface area contributed by atoms with Crippen molar-refractivity contribution in [3.05, 3.63) is 34.1 Å². The van der Waals surface area contributed by atoms with Gasteiger partial charge in [-0.15, -0.1) is 11.6 Å². The summed E-state index contributed by atoms with van der Waals surface area (Å²) < 4.78 is 13.8. The van der Waals surface area contributed by atoms with Crippen molar-refractivity contribution in [2.75, 3.05) is 5.88 Å². The second kappa shape index (κ2) is 6.06. The van der Waals surface area contributed by atoms with Crippen molar-refractivity contribution in [2.24, 2.45) is 0 Å². The molecule has 0 amide bonds. The lowest BCUT2D eigenvalue weighted by atomic mass is 10.2. The fraction of sp³-hybridized carbons (Fsp3) is 0.273. The Labute approximate surface area is 96.6 Å². The monoisotopic (exact) mass is 274 g/mol. The van der Waals surface area contributed by atoms with Crippen LogP contribution in [0.3, 0.4) is 0 Å². The minimum Gasteiger partial charge on any atom is -0.204 e. The first-order valence-electron chi connectivity index (χ1n) is 4.24. The molecular formula is C11H9BrClF. The van der Waals surface area contributed by atoms with Gasteiger partial charge in [-0.3, -0.25) is 0 Å². The summed E-state index contributed by atoms with van der Waals surface area (Å²) in [6, 6.07) is 5.08. The van der Waals surface area contributed by atoms with Crippen LogP contribution in [-0.4, -0.2) is 5.88 Å². The van der Waals surface area contributed by atoms with E-state index in [9.17, 15) is 4.39 Å². The average molecular weight is 276 g/mol. The Morgan fingerprint density at radius 1 is 1.43 bits per heavy atom. The predicted octanol–water partition coefficient (Wildman–Crippen LogP) is 3.96. The molecular weight excluding hydrogens is 266 g/mol. The molecule has 0 unspecified atom stereocenters. The van der Waals surface area contributed by atoms with Crippen molar-refractivity contribution in [1.82, 2.24) is 0 Å². The van der Waals surface area contributed by atoms with E-state index in [2.05, 4.69) is 27.8 Å². The normalized spacial score (nSPS) is 9.36. The molecule has 0 fully saturated rings. The third-order valence-corrected chi connectivity index (χ3v) is 2.49. The van der Waals surface area contributed by atoms with Gasteiger partial charge in [0.05, 0.1) is 10.0 Å². The van der Waals surface area contributed by atoms with Crippen LogP contribution in [0.1, 0.15) is 18.4 Å². The highest BCUT2D eigenvalue weighted by Crippen LogP contribution is 2.17. The Bertz CT molecular complexity index is 365. The lowest BCUT2D eigenvalue weighted by molar-refractivity contribution is 0.617. The van der Waals surface area contributed by atoms with Crippen molar-refractivity contribution >= 4 is 27.5 Å². The Kier molecular flexibility index (Phi) is 5.00. The molecule has 0 atom stereocenters. The summed E-state index contributed by atoms with van der Waals surface area (Å²) in [5, 5.41) is 0. The van der Waals surface area contributed by atoms with Gasteiger partial charge in [-0.25, -0.2) is 4.39 Å². The molecule has 0 aromatic heterocycles. The summed E-state index contributed by atoms with van der Waals surface area (Å²) in [5.74, 6) is 5.94. The zero-order valence-electron chi connectivity index (χ0n) is 7.49. The van der Waals surface area contributed by atoms with E-state index in [0.29, 0.717) is 22.3 Å². The quantitative estimate of drug-likeness (QED) is 0.435. The molecule has 14 heavy (non-hydrogen) atoms. The van der Waals surface area contributed by atoms with Crippen LogP contribution in [0.15, 0.2) is 22.7 Å².